The van der Waals surface area contributed by atoms with Gasteiger partial charge in [-0.1, -0.05) is 50.9 Å². The highest BCUT2D eigenvalue weighted by Gasteiger charge is 2.15. The van der Waals surface area contributed by atoms with Crippen LogP contribution in [-0.2, 0) is 19.4 Å². The summed E-state index contributed by atoms with van der Waals surface area (Å²) in [7, 11) is 0. The highest BCUT2D eigenvalue weighted by molar-refractivity contribution is 6.30. The number of aromatic nitrogens is 8. The van der Waals surface area contributed by atoms with Gasteiger partial charge in [0.15, 0.2) is 11.6 Å². The number of hydrogen-bond acceptors (Lipinski definition) is 5. The van der Waals surface area contributed by atoms with E-state index in [-0.39, 0.29) is 0 Å². The number of rotatable bonds is 9. The minimum absolute atomic E-state index is 0.536. The van der Waals surface area contributed by atoms with Crippen molar-refractivity contribution in [2.45, 2.75) is 53.0 Å². The van der Waals surface area contributed by atoms with Crippen LogP contribution in [0.25, 0.3) is 17.2 Å². The molecule has 0 aliphatic rings. The van der Waals surface area contributed by atoms with Gasteiger partial charge in [0.05, 0.1) is 12.2 Å². The van der Waals surface area contributed by atoms with E-state index in [0.717, 1.165) is 54.3 Å². The summed E-state index contributed by atoms with van der Waals surface area (Å²) in [5.74, 6) is 3.10. The maximum Gasteiger partial charge on any atom is 0.196 e. The first-order valence-corrected chi connectivity index (χ1v) is 11.1. The minimum Gasteiger partial charge on any atom is -0.297 e. The molecule has 0 radical (unpaired) electrons. The molecule has 1 aromatic carbocycles. The summed E-state index contributed by atoms with van der Waals surface area (Å²) in [4.78, 5) is 4.80. The van der Waals surface area contributed by atoms with Crippen molar-refractivity contribution in [1.82, 2.24) is 40.0 Å². The summed E-state index contributed by atoms with van der Waals surface area (Å²) in [6.07, 6.45) is 4.11. The highest BCUT2D eigenvalue weighted by Crippen LogP contribution is 2.27. The van der Waals surface area contributed by atoms with Crippen LogP contribution in [0.15, 0.2) is 36.4 Å². The zero-order valence-corrected chi connectivity index (χ0v) is 18.8. The van der Waals surface area contributed by atoms with Gasteiger partial charge in [-0.25, -0.2) is 14.8 Å². The predicted octanol–water partition coefficient (Wildman–Crippen LogP) is 4.49. The van der Waals surface area contributed by atoms with Gasteiger partial charge >= 0.3 is 0 Å². The minimum atomic E-state index is 0.536. The molecule has 0 spiro atoms. The number of H-pyrrole nitrogens is 1. The SMILES string of the molecule is CCCCc1nc(CC(C)C)nn1Cc1ccc(-n2c(Cl)ccc2-c2nnn[nH]2)cc1. The molecule has 0 aliphatic heterocycles. The molecule has 4 aromatic rings. The first kappa shape index (κ1) is 21.2. The Kier molecular flexibility index (Phi) is 6.46. The van der Waals surface area contributed by atoms with Crippen molar-refractivity contribution in [3.63, 3.8) is 0 Å². The zero-order chi connectivity index (χ0) is 21.8. The maximum absolute atomic E-state index is 6.44. The molecule has 0 saturated carbocycles. The summed E-state index contributed by atoms with van der Waals surface area (Å²) >= 11 is 6.44. The van der Waals surface area contributed by atoms with Crippen LogP contribution in [0.4, 0.5) is 0 Å². The summed E-state index contributed by atoms with van der Waals surface area (Å²) < 4.78 is 3.97. The molecular weight excluding hydrogens is 412 g/mol. The molecule has 0 amide bonds. The Hall–Kier alpha value is -3.00. The zero-order valence-electron chi connectivity index (χ0n) is 18.1. The molecule has 4 rings (SSSR count). The third kappa shape index (κ3) is 4.85. The fraction of sp³-hybridized carbons (Fsp3) is 0.409. The van der Waals surface area contributed by atoms with E-state index in [4.69, 9.17) is 21.7 Å². The number of benzene rings is 1. The summed E-state index contributed by atoms with van der Waals surface area (Å²) in [6, 6.07) is 12.0. The van der Waals surface area contributed by atoms with Gasteiger partial charge in [0, 0.05) is 18.5 Å². The lowest BCUT2D eigenvalue weighted by molar-refractivity contribution is 0.592. The van der Waals surface area contributed by atoms with E-state index in [1.807, 2.05) is 28.8 Å². The first-order valence-electron chi connectivity index (χ1n) is 10.7. The van der Waals surface area contributed by atoms with Crippen LogP contribution in [0.2, 0.25) is 5.15 Å². The van der Waals surface area contributed by atoms with E-state index in [0.29, 0.717) is 23.4 Å². The van der Waals surface area contributed by atoms with E-state index in [9.17, 15) is 0 Å². The average molecular weight is 439 g/mol. The normalized spacial score (nSPS) is 11.5. The highest BCUT2D eigenvalue weighted by atomic mass is 35.5. The Morgan fingerprint density at radius 2 is 1.90 bits per heavy atom. The smallest absolute Gasteiger partial charge is 0.196 e. The molecule has 162 valence electrons. The fourth-order valence-electron chi connectivity index (χ4n) is 3.57. The van der Waals surface area contributed by atoms with E-state index < -0.39 is 0 Å². The second-order valence-electron chi connectivity index (χ2n) is 8.10. The van der Waals surface area contributed by atoms with Crippen LogP contribution < -0.4 is 0 Å². The van der Waals surface area contributed by atoms with Crippen molar-refractivity contribution in [1.29, 1.82) is 0 Å². The maximum atomic E-state index is 6.44. The largest absolute Gasteiger partial charge is 0.297 e. The van der Waals surface area contributed by atoms with Gasteiger partial charge in [-0.2, -0.15) is 5.10 Å². The Labute approximate surface area is 186 Å². The molecule has 0 bridgehead atoms. The summed E-state index contributed by atoms with van der Waals surface area (Å²) in [5.41, 5.74) is 2.91. The third-order valence-corrected chi connectivity index (χ3v) is 5.38. The standard InChI is InChI=1S/C22H27ClN8/c1-4-5-6-21-24-20(13-15(2)3)27-30(21)14-16-7-9-17(10-8-16)31-18(11-12-19(31)23)22-25-28-29-26-22/h7-12,15H,4-6,13-14H2,1-3H3,(H,25,26,28,29). The number of nitrogens with zero attached hydrogens (tertiary/aromatic N) is 7. The van der Waals surface area contributed by atoms with Gasteiger partial charge in [0.2, 0.25) is 0 Å². The Bertz CT molecular complexity index is 1110. The Morgan fingerprint density at radius 1 is 1.10 bits per heavy atom. The van der Waals surface area contributed by atoms with Crippen LogP contribution in [-0.4, -0.2) is 40.0 Å². The summed E-state index contributed by atoms with van der Waals surface area (Å²) in [5, 5.41) is 19.5. The summed E-state index contributed by atoms with van der Waals surface area (Å²) in [6.45, 7) is 7.29. The van der Waals surface area contributed by atoms with E-state index in [1.54, 1.807) is 0 Å². The van der Waals surface area contributed by atoms with E-state index in [1.165, 1.54) is 0 Å². The predicted molar refractivity (Wildman–Crippen MR) is 120 cm³/mol. The first-order chi connectivity index (χ1) is 15.0. The number of tetrazole rings is 1. The van der Waals surface area contributed by atoms with Crippen molar-refractivity contribution in [2.75, 3.05) is 0 Å². The van der Waals surface area contributed by atoms with Crippen molar-refractivity contribution in [2.24, 2.45) is 5.92 Å². The number of aryl methyl sites for hydroxylation is 1. The fourth-order valence-corrected chi connectivity index (χ4v) is 3.83. The van der Waals surface area contributed by atoms with Gasteiger partial charge in [0.25, 0.3) is 0 Å². The molecule has 3 heterocycles. The van der Waals surface area contributed by atoms with Crippen LogP contribution in [0.5, 0.6) is 0 Å². The molecule has 0 aliphatic carbocycles. The van der Waals surface area contributed by atoms with Gasteiger partial charge in [-0.3, -0.25) is 4.57 Å². The number of halogens is 1. The third-order valence-electron chi connectivity index (χ3n) is 5.09. The van der Waals surface area contributed by atoms with Crippen LogP contribution in [0, 0.1) is 5.92 Å². The van der Waals surface area contributed by atoms with E-state index >= 15 is 0 Å². The van der Waals surface area contributed by atoms with Crippen LogP contribution >= 0.6 is 11.6 Å². The van der Waals surface area contributed by atoms with Gasteiger partial charge in [-0.05, 0) is 52.6 Å². The molecule has 9 heteroatoms. The lowest BCUT2D eigenvalue weighted by Crippen LogP contribution is -2.08. The number of unbranched alkanes of at least 4 members (excludes halogenated alkanes) is 1. The van der Waals surface area contributed by atoms with Crippen molar-refractivity contribution >= 4 is 11.6 Å². The molecular formula is C22H27ClN8. The van der Waals surface area contributed by atoms with Gasteiger partial charge in [0.1, 0.15) is 11.0 Å². The monoisotopic (exact) mass is 438 g/mol. The molecule has 0 saturated heterocycles. The van der Waals surface area contributed by atoms with Crippen LogP contribution in [0.1, 0.15) is 50.8 Å². The molecule has 31 heavy (non-hydrogen) atoms. The average Bonchev–Trinajstić information content (AvgIpc) is 3.47. The molecule has 0 atom stereocenters. The molecule has 0 unspecified atom stereocenters. The van der Waals surface area contributed by atoms with Gasteiger partial charge < -0.3 is 0 Å². The second-order valence-corrected chi connectivity index (χ2v) is 8.48. The number of nitrogens with one attached hydrogen (secondary N) is 1. The number of aromatic amines is 1. The van der Waals surface area contributed by atoms with Crippen LogP contribution in [0.3, 0.4) is 0 Å². The number of hydrogen-bond donors (Lipinski definition) is 1. The Morgan fingerprint density at radius 3 is 2.58 bits per heavy atom. The van der Waals surface area contributed by atoms with Crippen molar-refractivity contribution in [3.05, 3.63) is 58.8 Å². The molecule has 3 aromatic heterocycles. The van der Waals surface area contributed by atoms with E-state index in [2.05, 4.69) is 58.2 Å². The topological polar surface area (TPSA) is 90.1 Å². The quantitative estimate of drug-likeness (QED) is 0.415. The van der Waals surface area contributed by atoms with Crippen molar-refractivity contribution in [3.8, 4) is 17.2 Å². The van der Waals surface area contributed by atoms with Gasteiger partial charge in [-0.15, -0.1) is 5.10 Å². The molecule has 0 fully saturated rings. The second kappa shape index (κ2) is 9.43. The van der Waals surface area contributed by atoms with Crippen molar-refractivity contribution < 1.29 is 0 Å². The molecule has 1 N–H and O–H groups in total. The molecule has 8 nitrogen and oxygen atoms in total. The lowest BCUT2D eigenvalue weighted by atomic mass is 10.1. The Balaban J connectivity index is 1.57. The lowest BCUT2D eigenvalue weighted by Gasteiger charge is -2.11.